The number of hydrogen-bond acceptors (Lipinski definition) is 5. The highest BCUT2D eigenvalue weighted by Crippen LogP contribution is 2.26. The molecule has 1 saturated carbocycles. The van der Waals surface area contributed by atoms with Crippen molar-refractivity contribution in [3.8, 4) is 5.75 Å². The monoisotopic (exact) mass is 595 g/mol. The highest BCUT2D eigenvalue weighted by Gasteiger charge is 2.33. The molecule has 2 amide bonds. The Morgan fingerprint density at radius 2 is 1.67 bits per heavy atom. The van der Waals surface area contributed by atoms with E-state index in [1.54, 1.807) is 6.92 Å². The van der Waals surface area contributed by atoms with Gasteiger partial charge in [-0.15, -0.1) is 0 Å². The van der Waals surface area contributed by atoms with Gasteiger partial charge in [-0.25, -0.2) is 12.8 Å². The Bertz CT molecular complexity index is 1470. The van der Waals surface area contributed by atoms with Gasteiger partial charge in [0.1, 0.15) is 24.2 Å². The van der Waals surface area contributed by atoms with Crippen molar-refractivity contribution in [2.45, 2.75) is 69.5 Å². The molecule has 42 heavy (non-hydrogen) atoms. The van der Waals surface area contributed by atoms with Gasteiger partial charge in [0.2, 0.25) is 11.8 Å². The summed E-state index contributed by atoms with van der Waals surface area (Å²) in [5.41, 5.74) is 1.93. The molecule has 8 nitrogen and oxygen atoms in total. The van der Waals surface area contributed by atoms with Crippen molar-refractivity contribution >= 4 is 27.5 Å². The molecule has 0 bridgehead atoms. The summed E-state index contributed by atoms with van der Waals surface area (Å²) in [5, 5.41) is 3.09. The van der Waals surface area contributed by atoms with Gasteiger partial charge in [-0.2, -0.15) is 0 Å². The third-order valence-corrected chi connectivity index (χ3v) is 9.38. The lowest BCUT2D eigenvalue weighted by molar-refractivity contribution is -0.139. The van der Waals surface area contributed by atoms with Gasteiger partial charge < -0.3 is 15.0 Å². The van der Waals surface area contributed by atoms with Crippen molar-refractivity contribution in [2.24, 2.45) is 0 Å². The summed E-state index contributed by atoms with van der Waals surface area (Å²) < 4.78 is 47.7. The molecule has 1 N–H and O–H groups in total. The van der Waals surface area contributed by atoms with Crippen molar-refractivity contribution < 1.29 is 27.1 Å². The van der Waals surface area contributed by atoms with Gasteiger partial charge >= 0.3 is 0 Å². The van der Waals surface area contributed by atoms with Crippen LogP contribution in [0.2, 0.25) is 0 Å². The first-order chi connectivity index (χ1) is 20.1. The molecule has 3 aromatic rings. The highest BCUT2D eigenvalue weighted by atomic mass is 32.2. The summed E-state index contributed by atoms with van der Waals surface area (Å²) in [4.78, 5) is 28.8. The van der Waals surface area contributed by atoms with Crippen molar-refractivity contribution in [3.63, 3.8) is 0 Å². The van der Waals surface area contributed by atoms with E-state index < -0.39 is 34.3 Å². The van der Waals surface area contributed by atoms with Gasteiger partial charge in [-0.1, -0.05) is 49.1 Å². The van der Waals surface area contributed by atoms with E-state index in [1.807, 2.05) is 31.2 Å². The summed E-state index contributed by atoms with van der Waals surface area (Å²) in [7, 11) is -2.79. The van der Waals surface area contributed by atoms with E-state index in [0.717, 1.165) is 59.7 Å². The van der Waals surface area contributed by atoms with E-state index in [2.05, 4.69) is 5.32 Å². The molecule has 1 atom stereocenters. The second-order valence-electron chi connectivity index (χ2n) is 10.7. The normalized spacial score (nSPS) is 14.6. The van der Waals surface area contributed by atoms with Crippen LogP contribution in [-0.4, -0.2) is 50.9 Å². The number of nitrogens with one attached hydrogen (secondary N) is 1. The van der Waals surface area contributed by atoms with Gasteiger partial charge in [0.05, 0.1) is 17.7 Å². The zero-order valence-corrected chi connectivity index (χ0v) is 25.1. The Kier molecular flexibility index (Phi) is 10.2. The third kappa shape index (κ3) is 7.67. The number of ether oxygens (including phenoxy) is 1. The average molecular weight is 596 g/mol. The smallest absolute Gasteiger partial charge is 0.264 e. The van der Waals surface area contributed by atoms with Crippen LogP contribution in [0.25, 0.3) is 0 Å². The van der Waals surface area contributed by atoms with Gasteiger partial charge in [-0.05, 0) is 80.8 Å². The first-order valence-corrected chi connectivity index (χ1v) is 15.6. The van der Waals surface area contributed by atoms with Gasteiger partial charge in [0.25, 0.3) is 10.0 Å². The minimum absolute atomic E-state index is 0.0517. The first kappa shape index (κ1) is 31.0. The second-order valence-corrected chi connectivity index (χ2v) is 12.6. The molecule has 0 radical (unpaired) electrons. The predicted octanol–water partition coefficient (Wildman–Crippen LogP) is 5.20. The molecular weight excluding hydrogens is 557 g/mol. The van der Waals surface area contributed by atoms with E-state index in [0.29, 0.717) is 5.75 Å². The van der Waals surface area contributed by atoms with E-state index >= 15 is 0 Å². The fourth-order valence-electron chi connectivity index (χ4n) is 5.17. The maximum absolute atomic E-state index is 14.0. The van der Waals surface area contributed by atoms with Crippen molar-refractivity contribution in [2.75, 3.05) is 18.0 Å². The Hall–Kier alpha value is -3.92. The maximum Gasteiger partial charge on any atom is 0.264 e. The van der Waals surface area contributed by atoms with Crippen molar-refractivity contribution in [1.29, 1.82) is 0 Å². The quantitative estimate of drug-likeness (QED) is 0.329. The summed E-state index contributed by atoms with van der Waals surface area (Å²) in [6, 6.07) is 17.5. The number of carbonyl (C=O) groups excluding carboxylic acids is 2. The maximum atomic E-state index is 14.0. The molecule has 3 aromatic carbocycles. The van der Waals surface area contributed by atoms with Crippen LogP contribution in [0.1, 0.15) is 50.2 Å². The van der Waals surface area contributed by atoms with Gasteiger partial charge in [0, 0.05) is 12.6 Å². The third-order valence-electron chi connectivity index (χ3n) is 7.60. The lowest BCUT2D eigenvalue weighted by Crippen LogP contribution is -2.53. The molecule has 0 saturated heterocycles. The summed E-state index contributed by atoms with van der Waals surface area (Å²) >= 11 is 0. The number of nitrogens with zero attached hydrogens (tertiary/aromatic N) is 2. The lowest BCUT2D eigenvalue weighted by atomic mass is 9.95. The first-order valence-electron chi connectivity index (χ1n) is 14.2. The Morgan fingerprint density at radius 1 is 1.00 bits per heavy atom. The molecule has 10 heteroatoms. The average Bonchev–Trinajstić information content (AvgIpc) is 2.99. The zero-order chi connectivity index (χ0) is 30.3. The minimum atomic E-state index is -4.26. The summed E-state index contributed by atoms with van der Waals surface area (Å²) in [6.45, 7) is 3.12. The Labute approximate surface area is 247 Å². The number of sulfonamides is 1. The number of rotatable bonds is 11. The zero-order valence-electron chi connectivity index (χ0n) is 24.3. The number of carbonyl (C=O) groups is 2. The highest BCUT2D eigenvalue weighted by molar-refractivity contribution is 7.92. The fourth-order valence-corrected chi connectivity index (χ4v) is 6.58. The minimum Gasteiger partial charge on any atom is -0.497 e. The molecular formula is C32H38FN3O5S. The molecule has 1 fully saturated rings. The summed E-state index contributed by atoms with van der Waals surface area (Å²) in [6.07, 6.45) is 5.01. The van der Waals surface area contributed by atoms with Gasteiger partial charge in [0.15, 0.2) is 0 Å². The number of benzene rings is 3. The molecule has 0 aliphatic heterocycles. The van der Waals surface area contributed by atoms with Crippen LogP contribution in [0.5, 0.6) is 5.75 Å². The van der Waals surface area contributed by atoms with Crippen LogP contribution in [0.3, 0.4) is 0 Å². The molecule has 0 aromatic heterocycles. The molecule has 1 unspecified atom stereocenters. The lowest BCUT2D eigenvalue weighted by Gasteiger charge is -2.33. The molecule has 1 aliphatic carbocycles. The number of halogens is 1. The fraction of sp³-hybridized carbons (Fsp3) is 0.375. The van der Waals surface area contributed by atoms with E-state index in [4.69, 9.17) is 4.74 Å². The largest absolute Gasteiger partial charge is 0.497 e. The number of hydrogen-bond donors (Lipinski definition) is 1. The molecule has 224 valence electrons. The van der Waals surface area contributed by atoms with Crippen LogP contribution in [0, 0.1) is 12.7 Å². The van der Waals surface area contributed by atoms with E-state index in [1.165, 1.54) is 48.4 Å². The number of amides is 2. The van der Waals surface area contributed by atoms with Crippen LogP contribution >= 0.6 is 0 Å². The van der Waals surface area contributed by atoms with E-state index in [9.17, 15) is 22.4 Å². The van der Waals surface area contributed by atoms with E-state index in [-0.39, 0.29) is 29.1 Å². The van der Waals surface area contributed by atoms with Crippen LogP contribution < -0.4 is 14.4 Å². The number of methoxy groups -OCH3 is 1. The second kappa shape index (κ2) is 13.8. The molecule has 4 rings (SSSR count). The molecule has 0 heterocycles. The Morgan fingerprint density at radius 3 is 2.29 bits per heavy atom. The predicted molar refractivity (Wildman–Crippen MR) is 160 cm³/mol. The Balaban J connectivity index is 1.67. The summed E-state index contributed by atoms with van der Waals surface area (Å²) in [5.74, 6) is -0.917. The number of aryl methyl sites for hydroxylation is 1. The molecule has 0 spiro atoms. The number of anilines is 1. The van der Waals surface area contributed by atoms with Crippen LogP contribution in [0.4, 0.5) is 10.1 Å². The molecule has 1 aliphatic rings. The van der Waals surface area contributed by atoms with Crippen molar-refractivity contribution in [3.05, 3.63) is 89.7 Å². The van der Waals surface area contributed by atoms with Crippen molar-refractivity contribution in [1.82, 2.24) is 10.2 Å². The SMILES string of the molecule is COc1ccc(S(=O)(=O)N(CC(=O)N(Cc2cccc(C)c2)C(C)C(=O)NC2CCCCC2)c2ccc(F)cc2)cc1. The van der Waals surface area contributed by atoms with Crippen LogP contribution in [0.15, 0.2) is 77.7 Å². The van der Waals surface area contributed by atoms with Crippen LogP contribution in [-0.2, 0) is 26.2 Å². The standard InChI is InChI=1S/C32H38FN3O5S/c1-23-8-7-9-25(20-23)21-35(24(2)32(38)34-27-10-5-4-6-11-27)31(37)22-36(28-14-12-26(33)13-15-28)42(39,40)30-18-16-29(41-3)17-19-30/h7-9,12-20,24,27H,4-6,10-11,21-22H2,1-3H3,(H,34,38). The topological polar surface area (TPSA) is 96.0 Å². The van der Waals surface area contributed by atoms with Gasteiger partial charge in [-0.3, -0.25) is 13.9 Å².